The van der Waals surface area contributed by atoms with Gasteiger partial charge in [0, 0.05) is 6.42 Å². The van der Waals surface area contributed by atoms with E-state index in [1.54, 1.807) is 0 Å². The minimum Gasteiger partial charge on any atom is -0.480 e. The quantitative estimate of drug-likeness (QED) is 0.606. The number of benzene rings is 2. The fourth-order valence-corrected chi connectivity index (χ4v) is 2.92. The summed E-state index contributed by atoms with van der Waals surface area (Å²) in [6.45, 7) is 0. The highest BCUT2D eigenvalue weighted by Crippen LogP contribution is 2.39. The lowest BCUT2D eigenvalue weighted by molar-refractivity contribution is -0.139. The van der Waals surface area contributed by atoms with Crippen LogP contribution in [0.15, 0.2) is 42.5 Å². The van der Waals surface area contributed by atoms with Crippen LogP contribution in [0, 0.1) is 0 Å². The van der Waals surface area contributed by atoms with E-state index in [-0.39, 0.29) is 24.2 Å². The molecular formula is C20H17F3N2O6. The number of carbonyl (C=O) groups excluding carboxylic acids is 2. The Morgan fingerprint density at radius 3 is 2.35 bits per heavy atom. The van der Waals surface area contributed by atoms with Crippen LogP contribution < -0.4 is 15.8 Å². The van der Waals surface area contributed by atoms with Gasteiger partial charge in [0.25, 0.3) is 5.91 Å². The molecule has 0 aromatic heterocycles. The van der Waals surface area contributed by atoms with Crippen LogP contribution >= 0.6 is 0 Å². The summed E-state index contributed by atoms with van der Waals surface area (Å²) in [5.74, 6) is -2.24. The normalized spacial score (nSPS) is 17.1. The fraction of sp³-hybridized carbons (Fsp3) is 0.250. The van der Waals surface area contributed by atoms with E-state index in [9.17, 15) is 27.6 Å². The van der Waals surface area contributed by atoms with Crippen LogP contribution in [0.3, 0.4) is 0 Å². The number of hydrogen-bond donors (Lipinski definition) is 3. The minimum atomic E-state index is -4.74. The molecule has 1 aliphatic heterocycles. The Morgan fingerprint density at radius 1 is 1.16 bits per heavy atom. The highest BCUT2D eigenvalue weighted by atomic mass is 19.4. The number of amides is 2. The van der Waals surface area contributed by atoms with Crippen molar-refractivity contribution in [3.8, 4) is 11.5 Å². The number of ether oxygens (including phenoxy) is 2. The molecule has 8 nitrogen and oxygen atoms in total. The number of aliphatic carboxylic acids is 1. The molecule has 0 radical (unpaired) electrons. The van der Waals surface area contributed by atoms with E-state index in [0.29, 0.717) is 5.56 Å². The Bertz CT molecular complexity index is 1010. The van der Waals surface area contributed by atoms with Gasteiger partial charge in [-0.3, -0.25) is 14.9 Å². The predicted molar refractivity (Wildman–Crippen MR) is 99.4 cm³/mol. The van der Waals surface area contributed by atoms with Gasteiger partial charge in [0.2, 0.25) is 0 Å². The smallest absolute Gasteiger partial charge is 0.419 e. The average molecular weight is 438 g/mol. The van der Waals surface area contributed by atoms with Crippen molar-refractivity contribution in [2.24, 2.45) is 5.73 Å². The molecule has 2 atom stereocenters. The Morgan fingerprint density at radius 2 is 1.81 bits per heavy atom. The Kier molecular flexibility index (Phi) is 6.16. The molecule has 1 heterocycles. The van der Waals surface area contributed by atoms with Gasteiger partial charge in [0.1, 0.15) is 17.5 Å². The number of imide groups is 1. The van der Waals surface area contributed by atoms with Gasteiger partial charge >= 0.3 is 18.2 Å². The number of cyclic esters (lactones) is 1. The first-order chi connectivity index (χ1) is 14.5. The molecule has 2 aromatic carbocycles. The lowest BCUT2D eigenvalue weighted by atomic mass is 10.0. The zero-order chi connectivity index (χ0) is 22.8. The van der Waals surface area contributed by atoms with Crippen molar-refractivity contribution in [2.45, 2.75) is 31.2 Å². The van der Waals surface area contributed by atoms with Crippen molar-refractivity contribution in [2.75, 3.05) is 0 Å². The number of nitrogens with two attached hydrogens (primary N) is 1. The molecule has 1 aliphatic rings. The maximum absolute atomic E-state index is 13.5. The second-order valence-corrected chi connectivity index (χ2v) is 6.81. The van der Waals surface area contributed by atoms with Crippen molar-refractivity contribution >= 4 is 18.0 Å². The summed E-state index contributed by atoms with van der Waals surface area (Å²) in [5.41, 5.74) is 5.04. The summed E-state index contributed by atoms with van der Waals surface area (Å²) in [6.07, 6.45) is -6.71. The fourth-order valence-electron chi connectivity index (χ4n) is 2.92. The molecule has 4 N–H and O–H groups in total. The monoisotopic (exact) mass is 438 g/mol. The Labute approximate surface area is 173 Å². The molecule has 0 aliphatic carbocycles. The van der Waals surface area contributed by atoms with Crippen molar-refractivity contribution in [3.63, 3.8) is 0 Å². The second kappa shape index (κ2) is 8.64. The largest absolute Gasteiger partial charge is 0.480 e. The highest BCUT2D eigenvalue weighted by Gasteiger charge is 2.35. The molecular weight excluding hydrogens is 421 g/mol. The molecule has 11 heteroatoms. The second-order valence-electron chi connectivity index (χ2n) is 6.81. The number of nitrogens with one attached hydrogen (secondary N) is 1. The maximum Gasteiger partial charge on any atom is 0.419 e. The topological polar surface area (TPSA) is 128 Å². The lowest BCUT2D eigenvalue weighted by Gasteiger charge is -2.16. The average Bonchev–Trinajstić information content (AvgIpc) is 3.00. The van der Waals surface area contributed by atoms with Crippen LogP contribution in [0.25, 0.3) is 0 Å². The van der Waals surface area contributed by atoms with Gasteiger partial charge in [-0.1, -0.05) is 18.2 Å². The number of rotatable bonds is 7. The van der Waals surface area contributed by atoms with Gasteiger partial charge in [-0.05, 0) is 41.8 Å². The predicted octanol–water partition coefficient (Wildman–Crippen LogP) is 2.63. The Hall–Kier alpha value is -3.60. The maximum atomic E-state index is 13.5. The molecule has 0 saturated carbocycles. The van der Waals surface area contributed by atoms with E-state index in [0.717, 1.165) is 12.1 Å². The van der Waals surface area contributed by atoms with Crippen LogP contribution in [0.1, 0.15) is 16.7 Å². The summed E-state index contributed by atoms with van der Waals surface area (Å²) in [4.78, 5) is 33.4. The van der Waals surface area contributed by atoms with Crippen LogP contribution in [0.4, 0.5) is 18.0 Å². The summed E-state index contributed by atoms with van der Waals surface area (Å²) in [5, 5.41) is 10.8. The number of carbonyl (C=O) groups is 3. The number of hydrogen-bond acceptors (Lipinski definition) is 6. The molecule has 164 valence electrons. The zero-order valence-electron chi connectivity index (χ0n) is 15.8. The number of alkyl halides is 3. The molecule has 31 heavy (non-hydrogen) atoms. The number of alkyl carbamates (subject to hydrolysis) is 1. The number of halogens is 3. The van der Waals surface area contributed by atoms with Crippen molar-refractivity contribution in [1.29, 1.82) is 0 Å². The van der Waals surface area contributed by atoms with Crippen LogP contribution in [0.5, 0.6) is 11.5 Å². The molecule has 2 amide bonds. The first kappa shape index (κ1) is 22.1. The van der Waals surface area contributed by atoms with Crippen molar-refractivity contribution in [3.05, 3.63) is 59.2 Å². The molecule has 2 aromatic rings. The lowest BCUT2D eigenvalue weighted by Crippen LogP contribution is -2.32. The zero-order valence-corrected chi connectivity index (χ0v) is 15.8. The summed E-state index contributed by atoms with van der Waals surface area (Å²) in [6, 6.07) is 7.78. The van der Waals surface area contributed by atoms with E-state index in [1.165, 1.54) is 30.3 Å². The van der Waals surface area contributed by atoms with Gasteiger partial charge in [0.15, 0.2) is 6.10 Å². The van der Waals surface area contributed by atoms with E-state index in [4.69, 9.17) is 20.3 Å². The molecule has 1 saturated heterocycles. The first-order valence-corrected chi connectivity index (χ1v) is 8.99. The van der Waals surface area contributed by atoms with Crippen LogP contribution in [-0.4, -0.2) is 35.2 Å². The van der Waals surface area contributed by atoms with Crippen molar-refractivity contribution < 1.29 is 42.1 Å². The summed E-state index contributed by atoms with van der Waals surface area (Å²) >= 11 is 0. The number of carboxylic acid groups (broad SMARTS) is 1. The first-order valence-electron chi connectivity index (χ1n) is 8.99. The highest BCUT2D eigenvalue weighted by molar-refractivity contribution is 6.00. The van der Waals surface area contributed by atoms with Crippen LogP contribution in [0.2, 0.25) is 0 Å². The minimum absolute atomic E-state index is 0.101. The van der Waals surface area contributed by atoms with Gasteiger partial charge < -0.3 is 20.3 Å². The third-order valence-electron chi connectivity index (χ3n) is 4.46. The van der Waals surface area contributed by atoms with E-state index < -0.39 is 47.6 Å². The summed E-state index contributed by atoms with van der Waals surface area (Å²) < 4.78 is 50.6. The molecule has 3 rings (SSSR count). The van der Waals surface area contributed by atoms with E-state index >= 15 is 0 Å². The molecule has 2 unspecified atom stereocenters. The Balaban J connectivity index is 1.76. The SMILES string of the molecule is NC(Cc1ccc(Oc2ccc(CC3OC(=O)NC3=O)cc2)c(C(F)(F)F)c1)C(=O)O. The van der Waals surface area contributed by atoms with Crippen molar-refractivity contribution in [1.82, 2.24) is 5.32 Å². The molecule has 1 fully saturated rings. The van der Waals surface area contributed by atoms with E-state index in [2.05, 4.69) is 0 Å². The molecule has 0 spiro atoms. The standard InChI is InChI=1S/C20H17F3N2O6/c21-20(22,23)13-7-11(8-14(24)18(27)28)3-6-15(13)30-12-4-1-10(2-5-12)9-16-17(26)25-19(29)31-16/h1-7,14,16H,8-9,24H2,(H,27,28)(H,25,26,29). The van der Waals surface area contributed by atoms with Gasteiger partial charge in [-0.25, -0.2) is 4.79 Å². The van der Waals surface area contributed by atoms with Gasteiger partial charge in [-0.2, -0.15) is 13.2 Å². The third kappa shape index (κ3) is 5.51. The van der Waals surface area contributed by atoms with Gasteiger partial charge in [-0.15, -0.1) is 0 Å². The summed E-state index contributed by atoms with van der Waals surface area (Å²) in [7, 11) is 0. The third-order valence-corrected chi connectivity index (χ3v) is 4.46. The van der Waals surface area contributed by atoms with Gasteiger partial charge in [0.05, 0.1) is 5.56 Å². The molecule has 0 bridgehead atoms. The number of carboxylic acids is 1. The van der Waals surface area contributed by atoms with Crippen LogP contribution in [-0.2, 0) is 33.3 Å². The van der Waals surface area contributed by atoms with E-state index in [1.807, 2.05) is 5.32 Å².